The lowest BCUT2D eigenvalue weighted by Crippen LogP contribution is -2.06. The van der Waals surface area contributed by atoms with Gasteiger partial charge in [-0.1, -0.05) is 17.7 Å². The Labute approximate surface area is 87.0 Å². The summed E-state index contributed by atoms with van der Waals surface area (Å²) in [5.41, 5.74) is 2.39. The molecule has 0 fully saturated rings. The lowest BCUT2D eigenvalue weighted by Gasteiger charge is -2.08. The Kier molecular flexibility index (Phi) is 2.33. The van der Waals surface area contributed by atoms with Crippen molar-refractivity contribution in [2.45, 2.75) is 6.42 Å². The second-order valence-electron chi connectivity index (χ2n) is 3.12. The molecule has 4 heteroatoms. The fraction of sp³-hybridized carbons (Fsp3) is 0.300. The van der Waals surface area contributed by atoms with Crippen LogP contribution in [0.2, 0.25) is 5.02 Å². The Morgan fingerprint density at radius 2 is 2.36 bits per heavy atom. The average Bonchev–Trinajstić information content (AvgIpc) is 2.64. The van der Waals surface area contributed by atoms with Gasteiger partial charge in [0, 0.05) is 6.54 Å². The topological polar surface area (TPSA) is 38.3 Å². The van der Waals surface area contributed by atoms with Crippen LogP contribution in [0.3, 0.4) is 0 Å². The first-order valence-corrected chi connectivity index (χ1v) is 4.75. The Bertz CT molecular complexity index is 390. The van der Waals surface area contributed by atoms with Crippen molar-refractivity contribution in [3.05, 3.63) is 28.3 Å². The molecule has 1 aliphatic heterocycles. The highest BCUT2D eigenvalue weighted by Crippen LogP contribution is 2.32. The third-order valence-electron chi connectivity index (χ3n) is 2.33. The van der Waals surface area contributed by atoms with Crippen molar-refractivity contribution in [3.63, 3.8) is 0 Å². The molecule has 0 amide bonds. The highest BCUT2D eigenvalue weighted by molar-refractivity contribution is 6.34. The molecule has 1 aromatic rings. The van der Waals surface area contributed by atoms with E-state index in [1.165, 1.54) is 7.11 Å². The number of hydrogen-bond donors (Lipinski definition) is 1. The van der Waals surface area contributed by atoms with Crippen molar-refractivity contribution in [3.8, 4) is 0 Å². The summed E-state index contributed by atoms with van der Waals surface area (Å²) in [6.07, 6.45) is 0.927. The van der Waals surface area contributed by atoms with Gasteiger partial charge in [-0.15, -0.1) is 0 Å². The lowest BCUT2D eigenvalue weighted by molar-refractivity contribution is 0.0602. The standard InChI is InChI=1S/C10H10ClNO2/c1-14-10(13)8-7(11)3-2-6-4-5-12-9(6)8/h2-3,12H,4-5H2,1H3. The van der Waals surface area contributed by atoms with Gasteiger partial charge in [-0.3, -0.25) is 0 Å². The van der Waals surface area contributed by atoms with E-state index in [1.54, 1.807) is 6.07 Å². The molecular formula is C10H10ClNO2. The Balaban J connectivity index is 2.57. The van der Waals surface area contributed by atoms with Crippen molar-refractivity contribution in [2.24, 2.45) is 0 Å². The molecule has 2 rings (SSSR count). The van der Waals surface area contributed by atoms with E-state index in [9.17, 15) is 4.79 Å². The van der Waals surface area contributed by atoms with E-state index >= 15 is 0 Å². The Hall–Kier alpha value is -1.22. The summed E-state index contributed by atoms with van der Waals surface area (Å²) >= 11 is 5.94. The molecule has 1 aromatic carbocycles. The predicted octanol–water partition coefficient (Wildman–Crippen LogP) is 2.09. The van der Waals surface area contributed by atoms with E-state index in [-0.39, 0.29) is 5.97 Å². The molecule has 0 spiro atoms. The largest absolute Gasteiger partial charge is 0.465 e. The van der Waals surface area contributed by atoms with Crippen LogP contribution < -0.4 is 5.32 Å². The zero-order valence-corrected chi connectivity index (χ0v) is 8.52. The second-order valence-corrected chi connectivity index (χ2v) is 3.53. The molecule has 0 saturated carbocycles. The van der Waals surface area contributed by atoms with Gasteiger partial charge in [-0.05, 0) is 18.1 Å². The zero-order valence-electron chi connectivity index (χ0n) is 7.76. The predicted molar refractivity (Wildman–Crippen MR) is 55.0 cm³/mol. The van der Waals surface area contributed by atoms with Crippen LogP contribution in [-0.2, 0) is 11.2 Å². The van der Waals surface area contributed by atoms with Gasteiger partial charge in [-0.2, -0.15) is 0 Å². The molecule has 1 heterocycles. The highest BCUT2D eigenvalue weighted by Gasteiger charge is 2.22. The zero-order chi connectivity index (χ0) is 10.1. The number of carbonyl (C=O) groups excluding carboxylic acids is 1. The van der Waals surface area contributed by atoms with E-state index in [2.05, 4.69) is 10.1 Å². The summed E-state index contributed by atoms with van der Waals surface area (Å²) in [7, 11) is 1.35. The minimum absolute atomic E-state index is 0.388. The fourth-order valence-corrected chi connectivity index (χ4v) is 1.89. The molecule has 0 bridgehead atoms. The maximum atomic E-state index is 11.4. The molecular weight excluding hydrogens is 202 g/mol. The smallest absolute Gasteiger partial charge is 0.341 e. The van der Waals surface area contributed by atoms with Gasteiger partial charge in [0.1, 0.15) is 5.56 Å². The summed E-state index contributed by atoms with van der Waals surface area (Å²) in [5.74, 6) is -0.388. The molecule has 0 saturated heterocycles. The van der Waals surface area contributed by atoms with Crippen molar-refractivity contribution in [1.29, 1.82) is 0 Å². The van der Waals surface area contributed by atoms with Crippen LogP contribution >= 0.6 is 11.6 Å². The third-order valence-corrected chi connectivity index (χ3v) is 2.64. The van der Waals surface area contributed by atoms with Gasteiger partial charge in [0.25, 0.3) is 0 Å². The van der Waals surface area contributed by atoms with Crippen molar-refractivity contribution >= 4 is 23.3 Å². The molecule has 0 aromatic heterocycles. The molecule has 0 radical (unpaired) electrons. The third kappa shape index (κ3) is 1.34. The summed E-state index contributed by atoms with van der Waals surface area (Å²) in [4.78, 5) is 11.4. The monoisotopic (exact) mass is 211 g/mol. The number of rotatable bonds is 1. The Morgan fingerprint density at radius 3 is 3.07 bits per heavy atom. The molecule has 0 atom stereocenters. The summed E-state index contributed by atoms with van der Waals surface area (Å²) in [5, 5.41) is 3.57. The normalized spacial score (nSPS) is 13.3. The lowest BCUT2D eigenvalue weighted by atomic mass is 10.1. The van der Waals surface area contributed by atoms with Gasteiger partial charge in [0.05, 0.1) is 17.8 Å². The number of fused-ring (bicyclic) bond motifs is 1. The number of esters is 1. The quantitative estimate of drug-likeness (QED) is 0.723. The van der Waals surface area contributed by atoms with Crippen LogP contribution in [0, 0.1) is 0 Å². The van der Waals surface area contributed by atoms with Crippen molar-refractivity contribution in [2.75, 3.05) is 19.0 Å². The fourth-order valence-electron chi connectivity index (χ4n) is 1.65. The maximum absolute atomic E-state index is 11.4. The Morgan fingerprint density at radius 1 is 1.57 bits per heavy atom. The van der Waals surface area contributed by atoms with Crippen molar-refractivity contribution in [1.82, 2.24) is 0 Å². The van der Waals surface area contributed by atoms with E-state index in [0.29, 0.717) is 10.6 Å². The molecule has 74 valence electrons. The number of carbonyl (C=O) groups is 1. The number of ether oxygens (including phenoxy) is 1. The molecule has 1 N–H and O–H groups in total. The molecule has 0 aliphatic carbocycles. The minimum atomic E-state index is -0.388. The van der Waals surface area contributed by atoms with Crippen LogP contribution in [0.1, 0.15) is 15.9 Å². The summed E-state index contributed by atoms with van der Waals surface area (Å²) < 4.78 is 4.68. The first-order valence-electron chi connectivity index (χ1n) is 4.37. The first-order chi connectivity index (χ1) is 6.74. The maximum Gasteiger partial charge on any atom is 0.341 e. The van der Waals surface area contributed by atoms with Gasteiger partial charge in [-0.25, -0.2) is 4.79 Å². The van der Waals surface area contributed by atoms with E-state index in [0.717, 1.165) is 24.2 Å². The number of methoxy groups -OCH3 is 1. The van der Waals surface area contributed by atoms with E-state index in [4.69, 9.17) is 11.6 Å². The van der Waals surface area contributed by atoms with Crippen molar-refractivity contribution < 1.29 is 9.53 Å². The van der Waals surface area contributed by atoms with Gasteiger partial charge >= 0.3 is 5.97 Å². The van der Waals surface area contributed by atoms with E-state index in [1.807, 2.05) is 6.07 Å². The van der Waals surface area contributed by atoms with Crippen LogP contribution in [-0.4, -0.2) is 19.6 Å². The minimum Gasteiger partial charge on any atom is -0.465 e. The van der Waals surface area contributed by atoms with Gasteiger partial charge in [0.2, 0.25) is 0 Å². The van der Waals surface area contributed by atoms with Gasteiger partial charge < -0.3 is 10.1 Å². The number of hydrogen-bond acceptors (Lipinski definition) is 3. The van der Waals surface area contributed by atoms with Gasteiger partial charge in [0.15, 0.2) is 0 Å². The van der Waals surface area contributed by atoms with Crippen LogP contribution in [0.5, 0.6) is 0 Å². The average molecular weight is 212 g/mol. The summed E-state index contributed by atoms with van der Waals surface area (Å²) in [6.45, 7) is 0.847. The highest BCUT2D eigenvalue weighted by atomic mass is 35.5. The number of halogens is 1. The molecule has 3 nitrogen and oxygen atoms in total. The number of nitrogens with one attached hydrogen (secondary N) is 1. The first kappa shape index (κ1) is 9.34. The number of benzene rings is 1. The summed E-state index contributed by atoms with van der Waals surface area (Å²) in [6, 6.07) is 3.67. The molecule has 0 unspecified atom stereocenters. The molecule has 1 aliphatic rings. The SMILES string of the molecule is COC(=O)c1c(Cl)ccc2c1NCC2. The molecule has 14 heavy (non-hydrogen) atoms. The van der Waals surface area contributed by atoms with Crippen LogP contribution in [0.25, 0.3) is 0 Å². The van der Waals surface area contributed by atoms with Crippen LogP contribution in [0.4, 0.5) is 5.69 Å². The number of anilines is 1. The van der Waals surface area contributed by atoms with Crippen LogP contribution in [0.15, 0.2) is 12.1 Å². The second kappa shape index (κ2) is 3.50. The van der Waals surface area contributed by atoms with E-state index < -0.39 is 0 Å².